The lowest BCUT2D eigenvalue weighted by molar-refractivity contribution is -0.137. The Hall–Kier alpha value is -1.64. The van der Waals surface area contributed by atoms with Crippen LogP contribution in [0, 0.1) is 5.92 Å². The fourth-order valence-electron chi connectivity index (χ4n) is 1.89. The van der Waals surface area contributed by atoms with Gasteiger partial charge in [-0.25, -0.2) is 4.98 Å². The minimum Gasteiger partial charge on any atom is -0.369 e. The first-order valence-electron chi connectivity index (χ1n) is 5.52. The van der Waals surface area contributed by atoms with E-state index in [0.717, 1.165) is 11.0 Å². The highest BCUT2D eigenvalue weighted by Gasteiger charge is 2.37. The summed E-state index contributed by atoms with van der Waals surface area (Å²) in [6, 6.07) is 0.840. The first-order chi connectivity index (χ1) is 9.20. The van der Waals surface area contributed by atoms with Crippen molar-refractivity contribution in [3.63, 3.8) is 0 Å². The zero-order valence-corrected chi connectivity index (χ0v) is 11.5. The smallest absolute Gasteiger partial charge is 0.369 e. The lowest BCUT2D eigenvalue weighted by atomic mass is 10.1. The summed E-state index contributed by atoms with van der Waals surface area (Å²) in [4.78, 5) is 27.6. The molecule has 9 heteroatoms. The van der Waals surface area contributed by atoms with Gasteiger partial charge in [-0.15, -0.1) is 0 Å². The van der Waals surface area contributed by atoms with Crippen molar-refractivity contribution >= 4 is 33.6 Å². The first kappa shape index (κ1) is 14.8. The lowest BCUT2D eigenvalue weighted by Gasteiger charge is -2.17. The number of halogens is 4. The van der Waals surface area contributed by atoms with Gasteiger partial charge in [-0.2, -0.15) is 13.2 Å². The summed E-state index contributed by atoms with van der Waals surface area (Å²) in [6.07, 6.45) is -3.94. The number of carbonyl (C=O) groups is 2. The van der Waals surface area contributed by atoms with Gasteiger partial charge in [-0.1, -0.05) is 0 Å². The van der Waals surface area contributed by atoms with E-state index < -0.39 is 29.5 Å². The normalized spacial score (nSPS) is 19.5. The molecule has 5 nitrogen and oxygen atoms in total. The number of nitrogens with two attached hydrogens (primary N) is 1. The predicted molar refractivity (Wildman–Crippen MR) is 66.6 cm³/mol. The molecule has 0 spiro atoms. The van der Waals surface area contributed by atoms with Gasteiger partial charge in [-0.05, 0) is 22.0 Å². The van der Waals surface area contributed by atoms with Crippen LogP contribution in [0.4, 0.5) is 19.0 Å². The van der Waals surface area contributed by atoms with Crippen molar-refractivity contribution in [1.82, 2.24) is 4.98 Å². The molecule has 1 aromatic heterocycles. The van der Waals surface area contributed by atoms with Gasteiger partial charge < -0.3 is 5.73 Å². The highest BCUT2D eigenvalue weighted by molar-refractivity contribution is 9.10. The quantitative estimate of drug-likeness (QED) is 0.880. The van der Waals surface area contributed by atoms with Crippen LogP contribution in [-0.2, 0) is 15.8 Å². The SMILES string of the molecule is NC(=O)C1CC(=O)N(c2ncc(C(F)(F)F)cc2Br)C1. The summed E-state index contributed by atoms with van der Waals surface area (Å²) in [5, 5.41) is 0. The fraction of sp³-hybridized carbons (Fsp3) is 0.364. The van der Waals surface area contributed by atoms with E-state index in [1.807, 2.05) is 0 Å². The van der Waals surface area contributed by atoms with Crippen LogP contribution in [0.5, 0.6) is 0 Å². The first-order valence-corrected chi connectivity index (χ1v) is 6.32. The minimum absolute atomic E-state index is 0.0190. The van der Waals surface area contributed by atoms with E-state index in [9.17, 15) is 22.8 Å². The van der Waals surface area contributed by atoms with Crippen molar-refractivity contribution in [2.75, 3.05) is 11.4 Å². The molecule has 2 heterocycles. The maximum Gasteiger partial charge on any atom is 0.417 e. The van der Waals surface area contributed by atoms with E-state index in [-0.39, 0.29) is 23.3 Å². The highest BCUT2D eigenvalue weighted by Crippen LogP contribution is 2.35. The molecule has 1 unspecified atom stereocenters. The average molecular weight is 352 g/mol. The molecule has 0 radical (unpaired) electrons. The second-order valence-corrected chi connectivity index (χ2v) is 5.19. The van der Waals surface area contributed by atoms with Crippen molar-refractivity contribution < 1.29 is 22.8 Å². The van der Waals surface area contributed by atoms with Gasteiger partial charge >= 0.3 is 6.18 Å². The van der Waals surface area contributed by atoms with Gasteiger partial charge in [0.25, 0.3) is 0 Å². The molecule has 0 bridgehead atoms. The maximum atomic E-state index is 12.5. The third-order valence-electron chi connectivity index (χ3n) is 2.93. The fourth-order valence-corrected chi connectivity index (χ4v) is 2.45. The Balaban J connectivity index is 2.31. The van der Waals surface area contributed by atoms with Crippen LogP contribution in [0.2, 0.25) is 0 Å². The van der Waals surface area contributed by atoms with E-state index in [0.29, 0.717) is 6.20 Å². The van der Waals surface area contributed by atoms with Crippen LogP contribution < -0.4 is 10.6 Å². The topological polar surface area (TPSA) is 76.3 Å². The monoisotopic (exact) mass is 351 g/mol. The average Bonchev–Trinajstić information content (AvgIpc) is 2.70. The number of amides is 2. The summed E-state index contributed by atoms with van der Waals surface area (Å²) in [7, 11) is 0. The zero-order valence-electron chi connectivity index (χ0n) is 9.95. The number of hydrogen-bond donors (Lipinski definition) is 1. The summed E-state index contributed by atoms with van der Waals surface area (Å²) in [5.41, 5.74) is 4.20. The summed E-state index contributed by atoms with van der Waals surface area (Å²) < 4.78 is 37.6. The molecule has 2 N–H and O–H groups in total. The van der Waals surface area contributed by atoms with Crippen molar-refractivity contribution in [2.24, 2.45) is 11.7 Å². The Morgan fingerprint density at radius 3 is 2.60 bits per heavy atom. The van der Waals surface area contributed by atoms with Gasteiger partial charge in [0.2, 0.25) is 11.8 Å². The third-order valence-corrected chi connectivity index (χ3v) is 3.52. The second-order valence-electron chi connectivity index (χ2n) is 4.33. The van der Waals surface area contributed by atoms with Crippen LogP contribution in [-0.4, -0.2) is 23.3 Å². The zero-order chi connectivity index (χ0) is 15.1. The standard InChI is InChI=1S/C11H9BrF3N3O2/c12-7-2-6(11(13,14)15)3-17-10(7)18-4-5(9(16)20)1-8(18)19/h2-3,5H,1,4H2,(H2,16,20). The Morgan fingerprint density at radius 1 is 1.50 bits per heavy atom. The number of rotatable bonds is 2. The Morgan fingerprint density at radius 2 is 2.15 bits per heavy atom. The largest absolute Gasteiger partial charge is 0.417 e. The number of hydrogen-bond acceptors (Lipinski definition) is 3. The van der Waals surface area contributed by atoms with Gasteiger partial charge in [-0.3, -0.25) is 14.5 Å². The van der Waals surface area contributed by atoms with Crippen molar-refractivity contribution in [3.05, 3.63) is 22.3 Å². The third kappa shape index (κ3) is 2.77. The van der Waals surface area contributed by atoms with Gasteiger partial charge in [0.15, 0.2) is 0 Å². The number of nitrogens with zero attached hydrogens (tertiary/aromatic N) is 2. The second kappa shape index (κ2) is 5.04. The van der Waals surface area contributed by atoms with E-state index in [1.165, 1.54) is 0 Å². The number of aromatic nitrogens is 1. The van der Waals surface area contributed by atoms with E-state index in [2.05, 4.69) is 20.9 Å². The molecule has 2 rings (SSSR count). The van der Waals surface area contributed by atoms with Gasteiger partial charge in [0.05, 0.1) is 16.0 Å². The summed E-state index contributed by atoms with van der Waals surface area (Å²) in [5.74, 6) is -1.63. The van der Waals surface area contributed by atoms with E-state index in [1.54, 1.807) is 0 Å². The van der Waals surface area contributed by atoms with E-state index >= 15 is 0 Å². The summed E-state index contributed by atoms with van der Waals surface area (Å²) in [6.45, 7) is 0.0190. The molecule has 1 atom stereocenters. The molecule has 2 amide bonds. The van der Waals surface area contributed by atoms with Crippen LogP contribution in [0.3, 0.4) is 0 Å². The number of carbonyl (C=O) groups excluding carboxylic acids is 2. The molecule has 20 heavy (non-hydrogen) atoms. The minimum atomic E-state index is -4.52. The molecule has 108 valence electrons. The highest BCUT2D eigenvalue weighted by atomic mass is 79.9. The maximum absolute atomic E-state index is 12.5. The number of primary amides is 1. The molecule has 1 saturated heterocycles. The summed E-state index contributed by atoms with van der Waals surface area (Å²) >= 11 is 2.96. The Bertz CT molecular complexity index is 577. The van der Waals surface area contributed by atoms with Crippen molar-refractivity contribution in [1.29, 1.82) is 0 Å². The number of alkyl halides is 3. The molecule has 0 aromatic carbocycles. The molecular weight excluding hydrogens is 343 g/mol. The van der Waals surface area contributed by atoms with Gasteiger partial charge in [0, 0.05) is 19.2 Å². The molecular formula is C11H9BrF3N3O2. The molecule has 1 aliphatic rings. The molecule has 1 fully saturated rings. The molecule has 0 aliphatic carbocycles. The molecule has 0 saturated carbocycles. The predicted octanol–water partition coefficient (Wildman–Crippen LogP) is 1.70. The van der Waals surface area contributed by atoms with E-state index in [4.69, 9.17) is 5.73 Å². The number of anilines is 1. The number of pyridine rings is 1. The lowest BCUT2D eigenvalue weighted by Crippen LogP contribution is -2.29. The van der Waals surface area contributed by atoms with Crippen molar-refractivity contribution in [2.45, 2.75) is 12.6 Å². The van der Waals surface area contributed by atoms with Crippen molar-refractivity contribution in [3.8, 4) is 0 Å². The van der Waals surface area contributed by atoms with Crippen LogP contribution >= 0.6 is 15.9 Å². The van der Waals surface area contributed by atoms with Crippen LogP contribution in [0.25, 0.3) is 0 Å². The Labute approximate surface area is 120 Å². The molecule has 1 aliphatic heterocycles. The molecule has 1 aromatic rings. The van der Waals surface area contributed by atoms with Crippen LogP contribution in [0.1, 0.15) is 12.0 Å². The Kier molecular flexibility index (Phi) is 3.72. The van der Waals surface area contributed by atoms with Crippen LogP contribution in [0.15, 0.2) is 16.7 Å². The van der Waals surface area contributed by atoms with Gasteiger partial charge in [0.1, 0.15) is 5.82 Å².